The van der Waals surface area contributed by atoms with Crippen molar-refractivity contribution in [2.24, 2.45) is 5.92 Å². The van der Waals surface area contributed by atoms with Crippen molar-refractivity contribution in [3.8, 4) is 0 Å². The first kappa shape index (κ1) is 20.7. The fourth-order valence-electron chi connectivity index (χ4n) is 3.58. The van der Waals surface area contributed by atoms with Gasteiger partial charge in [0, 0.05) is 13.1 Å². The van der Waals surface area contributed by atoms with Gasteiger partial charge in [0.25, 0.3) is 10.0 Å². The van der Waals surface area contributed by atoms with E-state index in [1.807, 2.05) is 19.9 Å². The second-order valence-electron chi connectivity index (χ2n) is 7.20. The molecule has 154 valence electrons. The normalized spacial score (nSPS) is 18.2. The fourth-order valence-corrected chi connectivity index (χ4v) is 7.65. The molecular formula is C19H20ClN3O3S3. The zero-order valence-electron chi connectivity index (χ0n) is 15.9. The number of hydrogen-bond acceptors (Lipinski definition) is 6. The Morgan fingerprint density at radius 1 is 1.28 bits per heavy atom. The highest BCUT2D eigenvalue weighted by Gasteiger charge is 2.34. The summed E-state index contributed by atoms with van der Waals surface area (Å²) in [7, 11) is -3.64. The molecule has 1 fully saturated rings. The average molecular weight is 470 g/mol. The molecular weight excluding hydrogens is 450 g/mol. The number of halogens is 1. The summed E-state index contributed by atoms with van der Waals surface area (Å²) in [5.41, 5.74) is 3.12. The molecule has 2 aromatic heterocycles. The van der Waals surface area contributed by atoms with Crippen LogP contribution in [0.15, 0.2) is 28.5 Å². The molecule has 1 amide bonds. The molecule has 10 heteroatoms. The molecule has 0 radical (unpaired) electrons. The van der Waals surface area contributed by atoms with Crippen LogP contribution >= 0.6 is 34.3 Å². The molecule has 1 atom stereocenters. The van der Waals surface area contributed by atoms with Crippen LogP contribution in [-0.4, -0.2) is 36.7 Å². The maximum Gasteiger partial charge on any atom is 0.252 e. The van der Waals surface area contributed by atoms with Crippen molar-refractivity contribution in [1.82, 2.24) is 9.29 Å². The Hall–Kier alpha value is -1.52. The molecule has 3 aromatic rings. The van der Waals surface area contributed by atoms with E-state index in [2.05, 4.69) is 16.4 Å². The Labute approximate surface area is 182 Å². The Morgan fingerprint density at radius 3 is 2.79 bits per heavy atom. The van der Waals surface area contributed by atoms with E-state index >= 15 is 0 Å². The minimum atomic E-state index is -3.64. The number of hydrogen-bond donors (Lipinski definition) is 1. The first-order valence-corrected chi connectivity index (χ1v) is 12.6. The van der Waals surface area contributed by atoms with Gasteiger partial charge in [-0.15, -0.1) is 11.3 Å². The minimum absolute atomic E-state index is 0.159. The van der Waals surface area contributed by atoms with Crippen molar-refractivity contribution in [2.45, 2.75) is 30.9 Å². The molecule has 1 aliphatic heterocycles. The molecule has 0 bridgehead atoms. The van der Waals surface area contributed by atoms with E-state index < -0.39 is 15.9 Å². The number of thiazole rings is 1. The van der Waals surface area contributed by atoms with Crippen LogP contribution in [-0.2, 0) is 14.8 Å². The first-order chi connectivity index (χ1) is 13.7. The lowest BCUT2D eigenvalue weighted by Gasteiger charge is -2.30. The van der Waals surface area contributed by atoms with Crippen molar-refractivity contribution in [3.63, 3.8) is 0 Å². The van der Waals surface area contributed by atoms with Gasteiger partial charge >= 0.3 is 0 Å². The highest BCUT2D eigenvalue weighted by atomic mass is 35.5. The third kappa shape index (κ3) is 4.20. The number of nitrogens with zero attached hydrogens (tertiary/aromatic N) is 2. The Bertz CT molecular complexity index is 1190. The number of aryl methyl sites for hydroxylation is 2. The minimum Gasteiger partial charge on any atom is -0.302 e. The summed E-state index contributed by atoms with van der Waals surface area (Å²) in [4.78, 5) is 17.4. The molecule has 0 spiro atoms. The summed E-state index contributed by atoms with van der Waals surface area (Å²) in [6, 6.07) is 7.17. The molecule has 1 aromatic carbocycles. The lowest BCUT2D eigenvalue weighted by molar-refractivity contribution is -0.120. The number of nitrogens with one attached hydrogen (secondary N) is 1. The number of piperidine rings is 1. The van der Waals surface area contributed by atoms with Crippen LogP contribution in [0.1, 0.15) is 24.0 Å². The third-order valence-electron chi connectivity index (χ3n) is 4.95. The SMILES string of the molecule is Cc1cc(C)c2sc(NC(=O)C3CCCN(S(=O)(=O)c4ccc(Cl)s4)C3)nc2c1. The number of anilines is 1. The predicted octanol–water partition coefficient (Wildman–Crippen LogP) is 4.67. The molecule has 1 N–H and O–H groups in total. The van der Waals surface area contributed by atoms with Crippen molar-refractivity contribution >= 4 is 65.6 Å². The van der Waals surface area contributed by atoms with Crippen LogP contribution in [0.5, 0.6) is 0 Å². The maximum absolute atomic E-state index is 12.8. The number of sulfonamides is 1. The van der Waals surface area contributed by atoms with Crippen LogP contribution in [0.3, 0.4) is 0 Å². The van der Waals surface area contributed by atoms with Crippen LogP contribution in [0.4, 0.5) is 5.13 Å². The van der Waals surface area contributed by atoms with E-state index in [1.54, 1.807) is 6.07 Å². The Balaban J connectivity index is 1.50. The molecule has 1 unspecified atom stereocenters. The smallest absolute Gasteiger partial charge is 0.252 e. The summed E-state index contributed by atoms with van der Waals surface area (Å²) in [6.07, 6.45) is 1.28. The number of thiophene rings is 1. The van der Waals surface area contributed by atoms with Crippen molar-refractivity contribution in [2.75, 3.05) is 18.4 Å². The van der Waals surface area contributed by atoms with Crippen molar-refractivity contribution < 1.29 is 13.2 Å². The number of aromatic nitrogens is 1. The highest BCUT2D eigenvalue weighted by Crippen LogP contribution is 2.32. The summed E-state index contributed by atoms with van der Waals surface area (Å²) in [5.74, 6) is -0.605. The van der Waals surface area contributed by atoms with Gasteiger partial charge in [-0.2, -0.15) is 4.31 Å². The van der Waals surface area contributed by atoms with E-state index in [1.165, 1.54) is 21.7 Å². The standard InChI is InChI=1S/C19H20ClN3O3S3/c1-11-8-12(2)17-14(9-11)21-19(28-17)22-18(24)13-4-3-7-23(10-13)29(25,26)16-6-5-15(20)27-16/h5-6,8-9,13H,3-4,7,10H2,1-2H3,(H,21,22,24). The largest absolute Gasteiger partial charge is 0.302 e. The average Bonchev–Trinajstić information content (AvgIpc) is 3.28. The molecule has 4 rings (SSSR count). The van der Waals surface area contributed by atoms with E-state index in [9.17, 15) is 13.2 Å². The van der Waals surface area contributed by atoms with Gasteiger partial charge in [0.1, 0.15) is 4.21 Å². The van der Waals surface area contributed by atoms with Gasteiger partial charge in [-0.05, 0) is 56.0 Å². The van der Waals surface area contributed by atoms with Crippen LogP contribution in [0.25, 0.3) is 10.2 Å². The number of rotatable bonds is 4. The second kappa shape index (κ2) is 7.96. The van der Waals surface area contributed by atoms with Gasteiger partial charge in [-0.3, -0.25) is 4.79 Å². The molecule has 1 saturated heterocycles. The van der Waals surface area contributed by atoms with Crippen molar-refractivity contribution in [3.05, 3.63) is 39.7 Å². The lowest BCUT2D eigenvalue weighted by Crippen LogP contribution is -2.43. The fraction of sp³-hybridized carbons (Fsp3) is 0.368. The second-order valence-corrected chi connectivity index (χ2v) is 12.1. The molecule has 1 aliphatic rings. The van der Waals surface area contributed by atoms with E-state index in [0.29, 0.717) is 28.9 Å². The quantitative estimate of drug-likeness (QED) is 0.602. The summed E-state index contributed by atoms with van der Waals surface area (Å²) < 4.78 is 28.8. The number of benzene rings is 1. The van der Waals surface area contributed by atoms with Gasteiger partial charge in [-0.25, -0.2) is 13.4 Å². The first-order valence-electron chi connectivity index (χ1n) is 9.18. The third-order valence-corrected chi connectivity index (χ3v) is 9.63. The summed E-state index contributed by atoms with van der Waals surface area (Å²) in [6.45, 7) is 4.61. The molecule has 0 aliphatic carbocycles. The zero-order chi connectivity index (χ0) is 20.8. The molecule has 3 heterocycles. The lowest BCUT2D eigenvalue weighted by atomic mass is 9.99. The monoisotopic (exact) mass is 469 g/mol. The Kier molecular flexibility index (Phi) is 5.69. The van der Waals surface area contributed by atoms with Gasteiger partial charge < -0.3 is 5.32 Å². The van der Waals surface area contributed by atoms with Gasteiger partial charge in [0.05, 0.1) is 20.5 Å². The van der Waals surface area contributed by atoms with E-state index in [-0.39, 0.29) is 16.7 Å². The zero-order valence-corrected chi connectivity index (χ0v) is 19.1. The maximum atomic E-state index is 12.8. The predicted molar refractivity (Wildman–Crippen MR) is 119 cm³/mol. The van der Waals surface area contributed by atoms with Crippen LogP contribution in [0.2, 0.25) is 4.34 Å². The number of carbonyl (C=O) groups is 1. The summed E-state index contributed by atoms with van der Waals surface area (Å²) >= 11 is 8.37. The number of fused-ring (bicyclic) bond motifs is 1. The highest BCUT2D eigenvalue weighted by molar-refractivity contribution is 7.91. The number of amides is 1. The van der Waals surface area contributed by atoms with Crippen molar-refractivity contribution in [1.29, 1.82) is 0 Å². The Morgan fingerprint density at radius 2 is 2.07 bits per heavy atom. The number of carbonyl (C=O) groups excluding carboxylic acids is 1. The molecule has 6 nitrogen and oxygen atoms in total. The van der Waals surface area contributed by atoms with Gasteiger partial charge in [0.15, 0.2) is 5.13 Å². The topological polar surface area (TPSA) is 79.4 Å². The van der Waals surface area contributed by atoms with Crippen LogP contribution in [0, 0.1) is 19.8 Å². The molecule has 29 heavy (non-hydrogen) atoms. The van der Waals surface area contributed by atoms with E-state index in [0.717, 1.165) is 32.7 Å². The van der Waals surface area contributed by atoms with E-state index in [4.69, 9.17) is 11.6 Å². The summed E-state index contributed by atoms with van der Waals surface area (Å²) in [5, 5.41) is 3.44. The molecule has 0 saturated carbocycles. The van der Waals surface area contributed by atoms with Gasteiger partial charge in [0.2, 0.25) is 5.91 Å². The van der Waals surface area contributed by atoms with Gasteiger partial charge in [-0.1, -0.05) is 29.0 Å². The van der Waals surface area contributed by atoms with Crippen LogP contribution < -0.4 is 5.32 Å².